The molecule has 1 spiro atoms. The molecule has 0 radical (unpaired) electrons. The van der Waals surface area contributed by atoms with Gasteiger partial charge in [-0.3, -0.25) is 19.3 Å². The number of hydrogen-bond acceptors (Lipinski definition) is 10. The molecule has 0 bridgehead atoms. The predicted octanol–water partition coefficient (Wildman–Crippen LogP) is 7.23. The van der Waals surface area contributed by atoms with E-state index in [0.717, 1.165) is 45.5 Å². The molecule has 3 heterocycles. The van der Waals surface area contributed by atoms with E-state index in [2.05, 4.69) is 37.5 Å². The molecule has 3 amide bonds. The van der Waals surface area contributed by atoms with Crippen molar-refractivity contribution < 1.29 is 43.5 Å². The van der Waals surface area contributed by atoms with E-state index in [4.69, 9.17) is 18.9 Å². The number of unbranched alkanes of at least 4 members (excludes halogenated alkanes) is 1. The number of amides is 3. The van der Waals surface area contributed by atoms with Crippen molar-refractivity contribution in [3.05, 3.63) is 138 Å². The van der Waals surface area contributed by atoms with Crippen molar-refractivity contribution in [1.29, 1.82) is 0 Å². The molecule has 1 fully saturated rings. The maximum absolute atomic E-state index is 15.7. The van der Waals surface area contributed by atoms with Gasteiger partial charge in [-0.2, -0.15) is 0 Å². The summed E-state index contributed by atoms with van der Waals surface area (Å²) < 4.78 is 24.5. The van der Waals surface area contributed by atoms with Crippen LogP contribution in [0, 0.1) is 5.92 Å². The molecule has 3 N–H and O–H groups in total. The van der Waals surface area contributed by atoms with Gasteiger partial charge >= 0.3 is 0 Å². The number of carbonyl (C=O) groups is 3. The van der Waals surface area contributed by atoms with Crippen molar-refractivity contribution in [2.45, 2.75) is 89.0 Å². The first kappa shape index (κ1) is 49.4. The largest absolute Gasteiger partial charge is 0.497 e. The number of benzene rings is 5. The maximum atomic E-state index is 15.7. The van der Waals surface area contributed by atoms with Crippen LogP contribution in [0.3, 0.4) is 0 Å². The van der Waals surface area contributed by atoms with Gasteiger partial charge in [0.25, 0.3) is 5.91 Å². The number of anilines is 3. The Balaban J connectivity index is 1.13. The van der Waals surface area contributed by atoms with E-state index in [1.54, 1.807) is 28.9 Å². The van der Waals surface area contributed by atoms with Crippen molar-refractivity contribution in [3.63, 3.8) is 0 Å². The summed E-state index contributed by atoms with van der Waals surface area (Å²) in [5, 5.41) is 24.1. The van der Waals surface area contributed by atoms with Crippen LogP contribution in [-0.4, -0.2) is 100 Å². The average molecular weight is 955 g/mol. The summed E-state index contributed by atoms with van der Waals surface area (Å²) in [5.41, 5.74) is 4.04. The van der Waals surface area contributed by atoms with E-state index in [-0.39, 0.29) is 61.9 Å². The molecule has 364 valence electrons. The van der Waals surface area contributed by atoms with Crippen LogP contribution in [0.25, 0.3) is 0 Å². The first-order chi connectivity index (χ1) is 33.4. The molecule has 3 aliphatic rings. The smallest absolute Gasteiger partial charge is 0.264 e. The Kier molecular flexibility index (Phi) is 15.3. The number of nitrogens with zero attached hydrogens (tertiary/aromatic N) is 3. The van der Waals surface area contributed by atoms with Crippen LogP contribution in [0.2, 0.25) is 18.6 Å². The molecule has 0 aromatic heterocycles. The fourth-order valence-electron chi connectivity index (χ4n) is 10.9. The van der Waals surface area contributed by atoms with E-state index in [9.17, 15) is 19.8 Å². The third-order valence-electron chi connectivity index (χ3n) is 14.4. The lowest BCUT2D eigenvalue weighted by molar-refractivity contribution is -0.150. The van der Waals surface area contributed by atoms with Crippen LogP contribution in [0.1, 0.15) is 55.4 Å². The minimum Gasteiger partial charge on any atom is -0.497 e. The normalized spacial score (nSPS) is 20.8. The fourth-order valence-corrected chi connectivity index (χ4v) is 15.0. The Hall–Kier alpha value is -6.03. The molecule has 14 heteroatoms. The number of nitrogens with one attached hydrogen (secondary N) is 1. The fraction of sp³-hybridized carbons (Fsp3) is 0.400. The molecule has 13 nitrogen and oxygen atoms in total. The molecule has 0 saturated carbocycles. The highest BCUT2D eigenvalue weighted by molar-refractivity contribution is 6.91. The standard InChI is InChI=1S/C55H66N4O9Si/c1-7-67-44-22-25-48-40(31-44)32-47(56-27-11-12-29-60)53(63)59(48)41-17-15-39(16-18-41)36-58-49-26-21-43(66-4)33-46(49)55(54(58)64)37(2)52(69(5,6)45-23-19-42(65-3)20-24-45)50(68-55)34-51(62)57(28-30-61)35-38-13-9-8-10-14-38/h8-10,13-26,31,33,37,47,50,52,56,60-61H,7,11-12,27-30,32,34-36H2,1-6H3/t37-,47?,50+,52-,55+/m0/s1. The predicted molar refractivity (Wildman–Crippen MR) is 270 cm³/mol. The zero-order chi connectivity index (χ0) is 48.9. The lowest BCUT2D eigenvalue weighted by Crippen LogP contribution is -2.52. The van der Waals surface area contributed by atoms with Gasteiger partial charge in [-0.15, -0.1) is 0 Å². The Morgan fingerprint density at radius 3 is 2.22 bits per heavy atom. The number of carbonyl (C=O) groups excluding carboxylic acids is 3. The van der Waals surface area contributed by atoms with Gasteiger partial charge in [0.05, 0.1) is 72.0 Å². The second kappa shape index (κ2) is 21.3. The van der Waals surface area contributed by atoms with Gasteiger partial charge in [-0.05, 0) is 116 Å². The average Bonchev–Trinajstić information content (AvgIpc) is 3.78. The first-order valence-electron chi connectivity index (χ1n) is 24.2. The third-order valence-corrected chi connectivity index (χ3v) is 18.8. The summed E-state index contributed by atoms with van der Waals surface area (Å²) in [6.07, 6.45) is 1.29. The van der Waals surface area contributed by atoms with Crippen molar-refractivity contribution in [2.75, 3.05) is 56.9 Å². The maximum Gasteiger partial charge on any atom is 0.264 e. The molecule has 5 aromatic carbocycles. The second-order valence-electron chi connectivity index (χ2n) is 18.9. The van der Waals surface area contributed by atoms with E-state index >= 15 is 4.79 Å². The zero-order valence-corrected chi connectivity index (χ0v) is 41.7. The minimum atomic E-state index is -2.60. The van der Waals surface area contributed by atoms with Crippen molar-refractivity contribution in [3.8, 4) is 17.2 Å². The van der Waals surface area contributed by atoms with Crippen molar-refractivity contribution in [2.24, 2.45) is 5.92 Å². The summed E-state index contributed by atoms with van der Waals surface area (Å²) in [6.45, 7) is 10.4. The Bertz CT molecular complexity index is 2590. The topological polar surface area (TPSA) is 150 Å². The third kappa shape index (κ3) is 9.78. The highest BCUT2D eigenvalue weighted by Gasteiger charge is 2.66. The molecule has 8 rings (SSSR count). The lowest BCUT2D eigenvalue weighted by Gasteiger charge is -2.37. The number of methoxy groups -OCH3 is 2. The van der Waals surface area contributed by atoms with Gasteiger partial charge < -0.3 is 44.3 Å². The van der Waals surface area contributed by atoms with Crippen LogP contribution in [0.5, 0.6) is 17.2 Å². The molecule has 3 aliphatic heterocycles. The van der Waals surface area contributed by atoms with Crippen LogP contribution < -0.4 is 34.5 Å². The number of ether oxygens (including phenoxy) is 4. The van der Waals surface area contributed by atoms with E-state index < -0.39 is 25.8 Å². The SMILES string of the molecule is CCOc1ccc2c(c1)CC(NCCCCO)C(=O)N2c1ccc(CN2C(=O)[C@]3(O[C@H](CC(=O)N(CCO)Cc4ccccc4)[C@@H]([Si](C)(C)c4ccc(OC)cc4)[C@@H]3C)c3cc(OC)ccc32)cc1. The van der Waals surface area contributed by atoms with E-state index in [1.165, 1.54) is 0 Å². The van der Waals surface area contributed by atoms with Gasteiger partial charge in [-0.25, -0.2) is 0 Å². The van der Waals surface area contributed by atoms with Crippen LogP contribution in [0.15, 0.2) is 115 Å². The Morgan fingerprint density at radius 1 is 0.841 bits per heavy atom. The molecule has 5 atom stereocenters. The lowest BCUT2D eigenvalue weighted by atomic mass is 9.82. The molecule has 5 aromatic rings. The van der Waals surface area contributed by atoms with E-state index in [0.29, 0.717) is 55.2 Å². The van der Waals surface area contributed by atoms with Gasteiger partial charge in [0.15, 0.2) is 5.60 Å². The number of aliphatic hydroxyl groups excluding tert-OH is 2. The minimum absolute atomic E-state index is 0.0224. The summed E-state index contributed by atoms with van der Waals surface area (Å²) >= 11 is 0. The van der Waals surface area contributed by atoms with Crippen LogP contribution in [-0.2, 0) is 44.2 Å². The number of aliphatic hydroxyl groups is 2. The first-order valence-corrected chi connectivity index (χ1v) is 27.2. The second-order valence-corrected chi connectivity index (χ2v) is 23.6. The highest BCUT2D eigenvalue weighted by atomic mass is 28.3. The van der Waals surface area contributed by atoms with E-state index in [1.807, 2.05) is 110 Å². The number of hydrogen-bond donors (Lipinski definition) is 3. The molecule has 1 saturated heterocycles. The molecule has 0 aliphatic carbocycles. The zero-order valence-electron chi connectivity index (χ0n) is 40.7. The quantitative estimate of drug-likeness (QED) is 0.0539. The van der Waals surface area contributed by atoms with Crippen molar-refractivity contribution in [1.82, 2.24) is 10.2 Å². The Morgan fingerprint density at radius 2 is 1.54 bits per heavy atom. The summed E-state index contributed by atoms with van der Waals surface area (Å²) in [6, 6.07) is 36.7. The van der Waals surface area contributed by atoms with Gasteiger partial charge in [0, 0.05) is 36.9 Å². The Labute approximate surface area is 407 Å². The van der Waals surface area contributed by atoms with Gasteiger partial charge in [-0.1, -0.05) is 79.8 Å². The summed E-state index contributed by atoms with van der Waals surface area (Å²) in [5.74, 6) is 1.26. The van der Waals surface area contributed by atoms with Crippen LogP contribution in [0.4, 0.5) is 17.1 Å². The molecular formula is C55H66N4O9Si. The van der Waals surface area contributed by atoms with Crippen LogP contribution >= 0.6 is 0 Å². The monoisotopic (exact) mass is 954 g/mol. The number of rotatable bonds is 20. The van der Waals surface area contributed by atoms with Gasteiger partial charge in [0.2, 0.25) is 11.8 Å². The summed E-state index contributed by atoms with van der Waals surface area (Å²) in [7, 11) is 0.651. The molecule has 1 unspecified atom stereocenters. The molecular weight excluding hydrogens is 889 g/mol. The van der Waals surface area contributed by atoms with Gasteiger partial charge in [0.1, 0.15) is 17.2 Å². The summed E-state index contributed by atoms with van der Waals surface area (Å²) in [4.78, 5) is 49.7. The van der Waals surface area contributed by atoms with Crippen molar-refractivity contribution >= 4 is 48.0 Å². The highest BCUT2D eigenvalue weighted by Crippen LogP contribution is 2.60. The molecule has 69 heavy (non-hydrogen) atoms. The number of fused-ring (bicyclic) bond motifs is 3.